The van der Waals surface area contributed by atoms with Gasteiger partial charge in [-0.1, -0.05) is 239 Å². The first-order valence-corrected chi connectivity index (χ1v) is 26.6. The molecule has 10 nitrogen and oxygen atoms in total. The van der Waals surface area contributed by atoms with Gasteiger partial charge >= 0.3 is 11.9 Å². The van der Waals surface area contributed by atoms with Gasteiger partial charge in [0.25, 0.3) is 0 Å². The summed E-state index contributed by atoms with van der Waals surface area (Å²) in [5.74, 6) is -0.785. The van der Waals surface area contributed by atoms with Crippen LogP contribution in [-0.2, 0) is 28.5 Å². The molecular formula is C52H100O10. The molecule has 1 aliphatic heterocycles. The molecule has 62 heavy (non-hydrogen) atoms. The van der Waals surface area contributed by atoms with Gasteiger partial charge in [-0.05, 0) is 12.8 Å². The number of aliphatic hydroxyl groups is 4. The molecule has 0 aromatic carbocycles. The van der Waals surface area contributed by atoms with Crippen LogP contribution in [0.2, 0.25) is 0 Å². The van der Waals surface area contributed by atoms with E-state index in [1.165, 1.54) is 193 Å². The van der Waals surface area contributed by atoms with Crippen molar-refractivity contribution in [1.82, 2.24) is 0 Å². The van der Waals surface area contributed by atoms with Crippen molar-refractivity contribution in [3.8, 4) is 0 Å². The fourth-order valence-electron chi connectivity index (χ4n) is 8.55. The fourth-order valence-corrected chi connectivity index (χ4v) is 8.55. The quantitative estimate of drug-likeness (QED) is 0.0343. The number of unbranched alkanes of at least 4 members (excludes halogenated alkanes) is 35. The summed E-state index contributed by atoms with van der Waals surface area (Å²) in [7, 11) is 0. The van der Waals surface area contributed by atoms with Crippen molar-refractivity contribution in [2.24, 2.45) is 0 Å². The maximum atomic E-state index is 12.8. The zero-order valence-corrected chi connectivity index (χ0v) is 40.4. The summed E-state index contributed by atoms with van der Waals surface area (Å²) in [6, 6.07) is 0. The molecule has 1 fully saturated rings. The average molecular weight is 885 g/mol. The molecular weight excluding hydrogens is 785 g/mol. The predicted molar refractivity (Wildman–Crippen MR) is 252 cm³/mol. The van der Waals surface area contributed by atoms with E-state index in [1.807, 2.05) is 0 Å². The maximum absolute atomic E-state index is 12.8. The molecule has 0 spiro atoms. The number of carbonyl (C=O) groups is 2. The van der Waals surface area contributed by atoms with Gasteiger partial charge in [-0.3, -0.25) is 9.59 Å². The van der Waals surface area contributed by atoms with Gasteiger partial charge in [-0.15, -0.1) is 0 Å². The Hall–Kier alpha value is -1.30. The first kappa shape index (κ1) is 58.7. The van der Waals surface area contributed by atoms with Gasteiger partial charge in [-0.2, -0.15) is 0 Å². The lowest BCUT2D eigenvalue weighted by Gasteiger charge is -2.39. The minimum absolute atomic E-state index is 0.208. The van der Waals surface area contributed by atoms with Gasteiger partial charge in [0, 0.05) is 12.8 Å². The van der Waals surface area contributed by atoms with Gasteiger partial charge in [-0.25, -0.2) is 0 Å². The summed E-state index contributed by atoms with van der Waals surface area (Å²) in [4.78, 5) is 25.4. The van der Waals surface area contributed by atoms with Crippen molar-refractivity contribution in [1.29, 1.82) is 0 Å². The number of rotatable bonds is 46. The van der Waals surface area contributed by atoms with Crippen molar-refractivity contribution < 1.29 is 49.0 Å². The fraction of sp³-hybridized carbons (Fsp3) is 0.962. The Morgan fingerprint density at radius 3 is 1.10 bits per heavy atom. The lowest BCUT2D eigenvalue weighted by Crippen LogP contribution is -2.59. The van der Waals surface area contributed by atoms with Gasteiger partial charge in [0.05, 0.1) is 13.2 Å². The molecule has 1 heterocycles. The Bertz CT molecular complexity index is 979. The Kier molecular flexibility index (Phi) is 41.3. The van der Waals surface area contributed by atoms with Crippen LogP contribution in [0.4, 0.5) is 0 Å². The molecule has 6 atom stereocenters. The van der Waals surface area contributed by atoms with E-state index in [0.717, 1.165) is 38.5 Å². The van der Waals surface area contributed by atoms with Crippen molar-refractivity contribution in [2.75, 3.05) is 19.8 Å². The second kappa shape index (κ2) is 43.6. The molecule has 0 bridgehead atoms. The summed E-state index contributed by atoms with van der Waals surface area (Å²) in [5, 5.41) is 40.2. The van der Waals surface area contributed by atoms with E-state index >= 15 is 0 Å². The second-order valence-corrected chi connectivity index (χ2v) is 18.7. The van der Waals surface area contributed by atoms with Gasteiger partial charge in [0.15, 0.2) is 12.4 Å². The zero-order valence-electron chi connectivity index (χ0n) is 40.4. The lowest BCUT2D eigenvalue weighted by atomic mass is 9.99. The summed E-state index contributed by atoms with van der Waals surface area (Å²) in [6.45, 7) is 3.48. The van der Waals surface area contributed by atoms with E-state index in [4.69, 9.17) is 18.9 Å². The SMILES string of the molecule is CCCCCCCCCCCCCCCCCCCCCCCCC(=O)OC[C@@H](CO[C@H]1O[C@@H](CO)[C@@H](O)C(O)C1O)OC(=O)CCCCCCCCCCCCCCCCC. The molecule has 0 aliphatic carbocycles. The Labute approximate surface area is 380 Å². The number of esters is 2. The molecule has 1 saturated heterocycles. The van der Waals surface area contributed by atoms with Crippen LogP contribution in [0.3, 0.4) is 0 Å². The predicted octanol–water partition coefficient (Wildman–Crippen LogP) is 12.5. The molecule has 1 rings (SSSR count). The molecule has 368 valence electrons. The first-order valence-electron chi connectivity index (χ1n) is 26.6. The molecule has 4 N–H and O–H groups in total. The van der Waals surface area contributed by atoms with Crippen molar-refractivity contribution in [3.63, 3.8) is 0 Å². The number of aliphatic hydroxyl groups excluding tert-OH is 4. The second-order valence-electron chi connectivity index (χ2n) is 18.7. The largest absolute Gasteiger partial charge is 0.462 e. The van der Waals surface area contributed by atoms with Crippen molar-refractivity contribution in [3.05, 3.63) is 0 Å². The van der Waals surface area contributed by atoms with Gasteiger partial charge in [0.1, 0.15) is 31.0 Å². The Morgan fingerprint density at radius 1 is 0.435 bits per heavy atom. The lowest BCUT2D eigenvalue weighted by molar-refractivity contribution is -0.305. The van der Waals surface area contributed by atoms with E-state index in [2.05, 4.69) is 13.8 Å². The van der Waals surface area contributed by atoms with E-state index in [0.29, 0.717) is 6.42 Å². The molecule has 0 aromatic heterocycles. The van der Waals surface area contributed by atoms with Gasteiger partial charge in [0.2, 0.25) is 0 Å². The summed E-state index contributed by atoms with van der Waals surface area (Å²) in [5.41, 5.74) is 0. The smallest absolute Gasteiger partial charge is 0.306 e. The molecule has 2 unspecified atom stereocenters. The van der Waals surface area contributed by atoms with E-state index in [1.54, 1.807) is 0 Å². The third-order valence-corrected chi connectivity index (χ3v) is 12.7. The van der Waals surface area contributed by atoms with Gasteiger partial charge < -0.3 is 39.4 Å². The van der Waals surface area contributed by atoms with Crippen LogP contribution in [0.1, 0.15) is 264 Å². The van der Waals surface area contributed by atoms with Crippen LogP contribution in [-0.4, -0.2) is 89.0 Å². The van der Waals surface area contributed by atoms with Crippen LogP contribution in [0.5, 0.6) is 0 Å². The van der Waals surface area contributed by atoms with Crippen molar-refractivity contribution >= 4 is 11.9 Å². The minimum atomic E-state index is -1.59. The van der Waals surface area contributed by atoms with Crippen LogP contribution >= 0.6 is 0 Å². The third kappa shape index (κ3) is 34.1. The topological polar surface area (TPSA) is 152 Å². The highest BCUT2D eigenvalue weighted by atomic mass is 16.7. The third-order valence-electron chi connectivity index (χ3n) is 12.7. The molecule has 0 aromatic rings. The normalized spacial score (nSPS) is 19.5. The summed E-state index contributed by atoms with van der Waals surface area (Å²) >= 11 is 0. The minimum Gasteiger partial charge on any atom is -0.462 e. The summed E-state index contributed by atoms with van der Waals surface area (Å²) < 4.78 is 22.3. The standard InChI is InChI=1S/C52H100O10/c1-3-5-7-9-11-13-15-17-19-20-21-22-23-24-25-27-28-30-32-34-36-38-40-47(54)59-43-45(44-60-52-51(58)50(57)49(56)46(42-53)62-52)61-48(55)41-39-37-35-33-31-29-26-18-16-14-12-10-8-6-4-2/h45-46,49-53,56-58H,3-44H2,1-2H3/t45-,46-,49+,50?,51?,52-/m0/s1. The van der Waals surface area contributed by atoms with Crippen LogP contribution < -0.4 is 0 Å². The van der Waals surface area contributed by atoms with E-state index in [9.17, 15) is 30.0 Å². The molecule has 0 radical (unpaired) electrons. The molecule has 0 saturated carbocycles. The molecule has 10 heteroatoms. The average Bonchev–Trinajstić information content (AvgIpc) is 3.27. The van der Waals surface area contributed by atoms with E-state index in [-0.39, 0.29) is 32.0 Å². The van der Waals surface area contributed by atoms with Crippen LogP contribution in [0.15, 0.2) is 0 Å². The van der Waals surface area contributed by atoms with Crippen LogP contribution in [0.25, 0.3) is 0 Å². The van der Waals surface area contributed by atoms with Crippen LogP contribution in [0, 0.1) is 0 Å². The Morgan fingerprint density at radius 2 is 0.758 bits per heavy atom. The highest BCUT2D eigenvalue weighted by Gasteiger charge is 2.44. The monoisotopic (exact) mass is 885 g/mol. The molecule has 1 aliphatic rings. The zero-order chi connectivity index (χ0) is 45.1. The van der Waals surface area contributed by atoms with E-state index < -0.39 is 49.4 Å². The summed E-state index contributed by atoms with van der Waals surface area (Å²) in [6.07, 6.45) is 39.7. The highest BCUT2D eigenvalue weighted by Crippen LogP contribution is 2.23. The maximum Gasteiger partial charge on any atom is 0.306 e. The van der Waals surface area contributed by atoms with Crippen molar-refractivity contribution in [2.45, 2.75) is 301 Å². The highest BCUT2D eigenvalue weighted by molar-refractivity contribution is 5.70. The number of ether oxygens (including phenoxy) is 4. The first-order chi connectivity index (χ1) is 30.3. The molecule has 0 amide bonds. The number of hydrogen-bond acceptors (Lipinski definition) is 10. The number of hydrogen-bond donors (Lipinski definition) is 4. The Balaban J connectivity index is 2.20. The number of carbonyl (C=O) groups excluding carboxylic acids is 2.